The van der Waals surface area contributed by atoms with E-state index < -0.39 is 6.09 Å². The van der Waals surface area contributed by atoms with Gasteiger partial charge in [0.15, 0.2) is 0 Å². The largest absolute Gasteiger partial charge is 0.450 e. The number of carbonyl (C=O) groups excluding carboxylic acids is 1. The molecule has 0 fully saturated rings. The van der Waals surface area contributed by atoms with Crippen LogP contribution in [0, 0.1) is 0 Å². The standard InChI is InChI=1S/C15H16ClN3O2/c1-2-21-15(20)19-13-7-8-14(18-10-13)17-9-11-3-5-12(16)6-4-11/h3-8,10H,2,9H2,1H3,(H,17,18)(H,19,20). The van der Waals surface area contributed by atoms with Gasteiger partial charge in [-0.25, -0.2) is 9.78 Å². The molecule has 2 rings (SSSR count). The van der Waals surface area contributed by atoms with Crippen LogP contribution in [0.3, 0.4) is 0 Å². The van der Waals surface area contributed by atoms with Crippen LogP contribution >= 0.6 is 11.6 Å². The molecular weight excluding hydrogens is 290 g/mol. The molecule has 0 spiro atoms. The summed E-state index contributed by atoms with van der Waals surface area (Å²) in [6.07, 6.45) is 1.09. The molecule has 0 bridgehead atoms. The topological polar surface area (TPSA) is 63.2 Å². The summed E-state index contributed by atoms with van der Waals surface area (Å²) in [6, 6.07) is 11.1. The number of nitrogens with zero attached hydrogens (tertiary/aromatic N) is 1. The fourth-order valence-electron chi connectivity index (χ4n) is 1.65. The molecule has 0 saturated carbocycles. The lowest BCUT2D eigenvalue weighted by atomic mass is 10.2. The number of halogens is 1. The Labute approximate surface area is 128 Å². The zero-order valence-corrected chi connectivity index (χ0v) is 12.4. The van der Waals surface area contributed by atoms with Gasteiger partial charge in [0, 0.05) is 11.6 Å². The summed E-state index contributed by atoms with van der Waals surface area (Å²) in [5.74, 6) is 0.722. The maximum absolute atomic E-state index is 11.2. The highest BCUT2D eigenvalue weighted by Crippen LogP contribution is 2.13. The van der Waals surface area contributed by atoms with Gasteiger partial charge in [0.05, 0.1) is 18.5 Å². The third kappa shape index (κ3) is 4.96. The predicted octanol–water partition coefficient (Wildman–Crippen LogP) is 3.92. The molecule has 1 amide bonds. The monoisotopic (exact) mass is 305 g/mol. The Morgan fingerprint density at radius 2 is 2.00 bits per heavy atom. The Morgan fingerprint density at radius 3 is 2.62 bits per heavy atom. The Morgan fingerprint density at radius 1 is 1.24 bits per heavy atom. The van der Waals surface area contributed by atoms with Crippen LogP contribution in [-0.4, -0.2) is 17.7 Å². The lowest BCUT2D eigenvalue weighted by Gasteiger charge is -2.08. The Hall–Kier alpha value is -2.27. The summed E-state index contributed by atoms with van der Waals surface area (Å²) in [5.41, 5.74) is 1.69. The number of anilines is 2. The van der Waals surface area contributed by atoms with Crippen LogP contribution in [0.4, 0.5) is 16.3 Å². The minimum atomic E-state index is -0.485. The molecule has 2 aromatic rings. The summed E-state index contributed by atoms with van der Waals surface area (Å²) in [5, 5.41) is 6.49. The first-order chi connectivity index (χ1) is 10.2. The SMILES string of the molecule is CCOC(=O)Nc1ccc(NCc2ccc(Cl)cc2)nc1. The third-order valence-corrected chi connectivity index (χ3v) is 2.92. The van der Waals surface area contributed by atoms with Gasteiger partial charge in [0.25, 0.3) is 0 Å². The van der Waals surface area contributed by atoms with E-state index in [0.29, 0.717) is 23.9 Å². The van der Waals surface area contributed by atoms with Crippen molar-refractivity contribution in [3.8, 4) is 0 Å². The zero-order chi connectivity index (χ0) is 15.1. The molecule has 0 radical (unpaired) electrons. The van der Waals surface area contributed by atoms with E-state index in [1.54, 1.807) is 25.3 Å². The molecule has 0 aliphatic carbocycles. The first-order valence-electron chi connectivity index (χ1n) is 6.55. The smallest absolute Gasteiger partial charge is 0.411 e. The molecule has 1 aromatic heterocycles. The van der Waals surface area contributed by atoms with Gasteiger partial charge in [-0.15, -0.1) is 0 Å². The van der Waals surface area contributed by atoms with E-state index in [2.05, 4.69) is 15.6 Å². The summed E-state index contributed by atoms with van der Waals surface area (Å²) in [6.45, 7) is 2.73. The fraction of sp³-hybridized carbons (Fsp3) is 0.200. The number of hydrogen-bond donors (Lipinski definition) is 2. The highest BCUT2D eigenvalue weighted by molar-refractivity contribution is 6.30. The molecule has 21 heavy (non-hydrogen) atoms. The average molecular weight is 306 g/mol. The first-order valence-corrected chi connectivity index (χ1v) is 6.93. The number of nitrogens with one attached hydrogen (secondary N) is 2. The number of benzene rings is 1. The van der Waals surface area contributed by atoms with Gasteiger partial charge in [0.2, 0.25) is 0 Å². The van der Waals surface area contributed by atoms with Crippen LogP contribution in [0.1, 0.15) is 12.5 Å². The van der Waals surface area contributed by atoms with E-state index in [1.807, 2.05) is 24.3 Å². The molecule has 1 aromatic carbocycles. The maximum atomic E-state index is 11.2. The van der Waals surface area contributed by atoms with Crippen LogP contribution in [0.2, 0.25) is 5.02 Å². The van der Waals surface area contributed by atoms with Gasteiger partial charge in [-0.3, -0.25) is 5.32 Å². The fourth-order valence-corrected chi connectivity index (χ4v) is 1.78. The van der Waals surface area contributed by atoms with Crippen molar-refractivity contribution in [2.75, 3.05) is 17.2 Å². The highest BCUT2D eigenvalue weighted by atomic mass is 35.5. The Kier molecular flexibility index (Phi) is 5.40. The second-order valence-corrected chi connectivity index (χ2v) is 4.69. The molecular formula is C15H16ClN3O2. The third-order valence-electron chi connectivity index (χ3n) is 2.67. The van der Waals surface area contributed by atoms with Crippen molar-refractivity contribution in [3.05, 3.63) is 53.2 Å². The van der Waals surface area contributed by atoms with Crippen molar-refractivity contribution in [3.63, 3.8) is 0 Å². The van der Waals surface area contributed by atoms with E-state index in [-0.39, 0.29) is 0 Å². The summed E-state index contributed by atoms with van der Waals surface area (Å²) < 4.78 is 4.79. The van der Waals surface area contributed by atoms with Crippen molar-refractivity contribution < 1.29 is 9.53 Å². The Balaban J connectivity index is 1.87. The van der Waals surface area contributed by atoms with Crippen molar-refractivity contribution in [1.82, 2.24) is 4.98 Å². The van der Waals surface area contributed by atoms with Crippen molar-refractivity contribution in [1.29, 1.82) is 0 Å². The van der Waals surface area contributed by atoms with Crippen molar-refractivity contribution >= 4 is 29.2 Å². The number of amides is 1. The van der Waals surface area contributed by atoms with Gasteiger partial charge in [-0.2, -0.15) is 0 Å². The molecule has 0 aliphatic rings. The minimum Gasteiger partial charge on any atom is -0.450 e. The van der Waals surface area contributed by atoms with Crippen LogP contribution in [-0.2, 0) is 11.3 Å². The number of pyridine rings is 1. The predicted molar refractivity (Wildman–Crippen MR) is 83.7 cm³/mol. The number of ether oxygens (including phenoxy) is 1. The molecule has 0 atom stereocenters. The lowest BCUT2D eigenvalue weighted by molar-refractivity contribution is 0.168. The normalized spacial score (nSPS) is 10.0. The van der Waals surface area contributed by atoms with Gasteiger partial charge in [-0.1, -0.05) is 23.7 Å². The van der Waals surface area contributed by atoms with Crippen LogP contribution in [0.15, 0.2) is 42.6 Å². The zero-order valence-electron chi connectivity index (χ0n) is 11.6. The maximum Gasteiger partial charge on any atom is 0.411 e. The molecule has 110 valence electrons. The summed E-state index contributed by atoms with van der Waals surface area (Å²) in [4.78, 5) is 15.5. The molecule has 6 heteroatoms. The van der Waals surface area contributed by atoms with E-state index in [1.165, 1.54) is 0 Å². The van der Waals surface area contributed by atoms with E-state index in [0.717, 1.165) is 11.4 Å². The Bertz CT molecular complexity index is 585. The van der Waals surface area contributed by atoms with E-state index in [9.17, 15) is 4.79 Å². The molecule has 0 saturated heterocycles. The molecule has 5 nitrogen and oxygen atoms in total. The van der Waals surface area contributed by atoms with Gasteiger partial charge in [0.1, 0.15) is 5.82 Å². The first kappa shape index (κ1) is 15.1. The quantitative estimate of drug-likeness (QED) is 0.879. The number of hydrogen-bond acceptors (Lipinski definition) is 4. The van der Waals surface area contributed by atoms with E-state index >= 15 is 0 Å². The number of carbonyl (C=O) groups is 1. The summed E-state index contributed by atoms with van der Waals surface area (Å²) in [7, 11) is 0. The van der Waals surface area contributed by atoms with Gasteiger partial charge >= 0.3 is 6.09 Å². The second-order valence-electron chi connectivity index (χ2n) is 4.26. The molecule has 2 N–H and O–H groups in total. The number of aromatic nitrogens is 1. The summed E-state index contributed by atoms with van der Waals surface area (Å²) >= 11 is 5.83. The van der Waals surface area contributed by atoms with Crippen LogP contribution < -0.4 is 10.6 Å². The van der Waals surface area contributed by atoms with E-state index in [4.69, 9.17) is 16.3 Å². The molecule has 1 heterocycles. The van der Waals surface area contributed by atoms with Crippen molar-refractivity contribution in [2.45, 2.75) is 13.5 Å². The van der Waals surface area contributed by atoms with Crippen LogP contribution in [0.5, 0.6) is 0 Å². The second kappa shape index (κ2) is 7.50. The van der Waals surface area contributed by atoms with Gasteiger partial charge < -0.3 is 10.1 Å². The van der Waals surface area contributed by atoms with Crippen molar-refractivity contribution in [2.24, 2.45) is 0 Å². The minimum absolute atomic E-state index is 0.333. The highest BCUT2D eigenvalue weighted by Gasteiger charge is 2.02. The molecule has 0 unspecified atom stereocenters. The average Bonchev–Trinajstić information content (AvgIpc) is 2.48. The number of rotatable bonds is 5. The lowest BCUT2D eigenvalue weighted by Crippen LogP contribution is -2.13. The van der Waals surface area contributed by atoms with Crippen LogP contribution in [0.25, 0.3) is 0 Å². The molecule has 0 aliphatic heterocycles. The van der Waals surface area contributed by atoms with Gasteiger partial charge in [-0.05, 0) is 36.8 Å².